The Morgan fingerprint density at radius 3 is 2.05 bits per heavy atom. The Bertz CT molecular complexity index is 1120. The summed E-state index contributed by atoms with van der Waals surface area (Å²) in [5, 5.41) is 33.1. The van der Waals surface area contributed by atoms with Crippen LogP contribution in [0.2, 0.25) is 0 Å². The van der Waals surface area contributed by atoms with Gasteiger partial charge in [0, 0.05) is 12.3 Å². The molecule has 0 aromatic heterocycles. The minimum atomic E-state index is -1.42. The number of carbonyl (C=O) groups is 2. The number of rotatable bonds is 7. The van der Waals surface area contributed by atoms with Gasteiger partial charge in [0.1, 0.15) is 11.6 Å². The van der Waals surface area contributed by atoms with E-state index in [0.717, 1.165) is 69.8 Å². The first-order chi connectivity index (χ1) is 20.0. The van der Waals surface area contributed by atoms with Crippen LogP contribution in [-0.4, -0.2) is 58.7 Å². The van der Waals surface area contributed by atoms with Gasteiger partial charge in [-0.3, -0.25) is 9.59 Å². The number of hydrogen-bond acceptors (Lipinski definition) is 6. The Balaban J connectivity index is 1.51. The summed E-state index contributed by atoms with van der Waals surface area (Å²) in [6.45, 7) is 18.9. The number of hydrogen-bond donors (Lipinski definition) is 4. The minimum absolute atomic E-state index is 0.0353. The molecule has 0 radical (unpaired) electrons. The second-order valence-corrected chi connectivity index (χ2v) is 17.0. The van der Waals surface area contributed by atoms with Crippen molar-refractivity contribution in [3.63, 3.8) is 0 Å². The zero-order valence-corrected chi connectivity index (χ0v) is 27.9. The number of aliphatic hydroxyl groups excluding tert-OH is 3. The lowest BCUT2D eigenvalue weighted by Gasteiger charge is -2.73. The van der Waals surface area contributed by atoms with Crippen molar-refractivity contribution in [2.45, 2.75) is 124 Å². The summed E-state index contributed by atoms with van der Waals surface area (Å²) in [5.74, 6) is 1.54. The molecule has 244 valence electrons. The van der Waals surface area contributed by atoms with E-state index in [9.17, 15) is 24.9 Å². The van der Waals surface area contributed by atoms with Gasteiger partial charge in [0.15, 0.2) is 0 Å². The van der Waals surface area contributed by atoms with E-state index in [1.807, 2.05) is 0 Å². The molecular weight excluding hydrogens is 542 g/mol. The minimum Gasteiger partial charge on any atom is -0.462 e. The van der Waals surface area contributed by atoms with Gasteiger partial charge in [-0.2, -0.15) is 0 Å². The molecule has 0 aliphatic heterocycles. The molecular formula is C36H59NO6. The lowest BCUT2D eigenvalue weighted by molar-refractivity contribution is -0.249. The largest absolute Gasteiger partial charge is 0.462 e. The molecule has 0 unspecified atom stereocenters. The molecule has 4 N–H and O–H groups in total. The van der Waals surface area contributed by atoms with Crippen molar-refractivity contribution in [3.05, 3.63) is 12.2 Å². The fourth-order valence-corrected chi connectivity index (χ4v) is 12.6. The smallest absolute Gasteiger partial charge is 0.302 e. The third-order valence-corrected chi connectivity index (χ3v) is 15.1. The molecule has 10 atom stereocenters. The molecule has 0 aromatic rings. The highest BCUT2D eigenvalue weighted by atomic mass is 16.5. The van der Waals surface area contributed by atoms with E-state index in [1.165, 1.54) is 6.92 Å². The van der Waals surface area contributed by atoms with Crippen LogP contribution in [0.4, 0.5) is 0 Å². The molecule has 43 heavy (non-hydrogen) atoms. The third kappa shape index (κ3) is 4.52. The van der Waals surface area contributed by atoms with Crippen LogP contribution in [-0.2, 0) is 14.3 Å². The average molecular weight is 602 g/mol. The second kappa shape index (κ2) is 10.8. The Kier molecular flexibility index (Phi) is 8.30. The first-order valence-corrected chi connectivity index (χ1v) is 17.0. The molecule has 0 saturated heterocycles. The summed E-state index contributed by atoms with van der Waals surface area (Å²) in [4.78, 5) is 26.3. The maximum atomic E-state index is 14.3. The van der Waals surface area contributed by atoms with E-state index in [1.54, 1.807) is 0 Å². The monoisotopic (exact) mass is 601 g/mol. The predicted octanol–water partition coefficient (Wildman–Crippen LogP) is 5.41. The highest BCUT2D eigenvalue weighted by Crippen LogP contribution is 2.77. The van der Waals surface area contributed by atoms with Gasteiger partial charge in [0.25, 0.3) is 0 Å². The van der Waals surface area contributed by atoms with E-state index >= 15 is 0 Å². The third-order valence-electron chi connectivity index (χ3n) is 15.1. The van der Waals surface area contributed by atoms with Crippen LogP contribution in [0.15, 0.2) is 12.2 Å². The molecule has 7 nitrogen and oxygen atoms in total. The van der Waals surface area contributed by atoms with Crippen LogP contribution in [0.1, 0.15) is 113 Å². The van der Waals surface area contributed by atoms with Crippen LogP contribution in [0.25, 0.3) is 0 Å². The Labute approximate surface area is 259 Å². The van der Waals surface area contributed by atoms with E-state index < -0.39 is 30.8 Å². The molecule has 5 aliphatic carbocycles. The molecule has 5 rings (SSSR count). The van der Waals surface area contributed by atoms with Gasteiger partial charge in [0.2, 0.25) is 5.91 Å². The van der Waals surface area contributed by atoms with Crippen molar-refractivity contribution in [1.29, 1.82) is 0 Å². The van der Waals surface area contributed by atoms with E-state index in [-0.39, 0.29) is 51.5 Å². The number of carbonyl (C=O) groups excluding carboxylic acids is 2. The predicted molar refractivity (Wildman–Crippen MR) is 167 cm³/mol. The van der Waals surface area contributed by atoms with Crippen molar-refractivity contribution in [3.8, 4) is 0 Å². The van der Waals surface area contributed by atoms with E-state index in [2.05, 4.69) is 53.4 Å². The summed E-state index contributed by atoms with van der Waals surface area (Å²) in [5.41, 5.74) is -0.585. The molecule has 5 saturated carbocycles. The summed E-state index contributed by atoms with van der Waals surface area (Å²) in [6.07, 6.45) is 9.91. The van der Waals surface area contributed by atoms with Gasteiger partial charge >= 0.3 is 5.97 Å². The highest BCUT2D eigenvalue weighted by molar-refractivity contribution is 5.84. The molecule has 0 heterocycles. The molecule has 5 aliphatic rings. The molecule has 1 amide bonds. The van der Waals surface area contributed by atoms with Crippen LogP contribution < -0.4 is 5.32 Å². The Morgan fingerprint density at radius 2 is 1.47 bits per heavy atom. The fourth-order valence-electron chi connectivity index (χ4n) is 12.6. The van der Waals surface area contributed by atoms with Crippen LogP contribution in [0, 0.1) is 56.7 Å². The van der Waals surface area contributed by atoms with Crippen LogP contribution >= 0.6 is 0 Å². The van der Waals surface area contributed by atoms with Crippen molar-refractivity contribution in [1.82, 2.24) is 5.32 Å². The number of nitrogens with one attached hydrogen (secondary N) is 1. The number of esters is 1. The van der Waals surface area contributed by atoms with Crippen molar-refractivity contribution in [2.24, 2.45) is 56.7 Å². The maximum absolute atomic E-state index is 14.3. The Morgan fingerprint density at radius 1 is 0.814 bits per heavy atom. The molecule has 0 spiro atoms. The van der Waals surface area contributed by atoms with E-state index in [0.29, 0.717) is 17.8 Å². The van der Waals surface area contributed by atoms with Gasteiger partial charge in [-0.15, -0.1) is 0 Å². The first-order valence-electron chi connectivity index (χ1n) is 17.0. The highest BCUT2D eigenvalue weighted by Gasteiger charge is 2.72. The average Bonchev–Trinajstić information content (AvgIpc) is 3.35. The maximum Gasteiger partial charge on any atom is 0.302 e. The van der Waals surface area contributed by atoms with Crippen molar-refractivity contribution in [2.75, 3.05) is 19.8 Å². The number of ether oxygens (including phenoxy) is 1. The van der Waals surface area contributed by atoms with Gasteiger partial charge < -0.3 is 25.4 Å². The van der Waals surface area contributed by atoms with Gasteiger partial charge in [-0.1, -0.05) is 46.8 Å². The summed E-state index contributed by atoms with van der Waals surface area (Å²) >= 11 is 0. The standard InChI is InChI=1S/C36H59NO6/c1-22(2)24-11-16-36(30(42)37-35(19-38,20-39)21-40)18-17-33(7)25(29(24)36)9-10-27-32(6)14-13-28(43-23(3)41)31(4,5)26(32)12-15-34(27,33)8/h24-29,38-40H,1,9-21H2,2-8H3,(H,37,42)/t24-,25+,26-,27+,28-,29+,32-,33+,34+,36-/m0/s1. The summed E-state index contributed by atoms with van der Waals surface area (Å²) in [7, 11) is 0. The molecule has 7 heteroatoms. The summed E-state index contributed by atoms with van der Waals surface area (Å²) in [6, 6.07) is 0. The van der Waals surface area contributed by atoms with Crippen molar-refractivity contribution >= 4 is 11.9 Å². The molecule has 0 bridgehead atoms. The van der Waals surface area contributed by atoms with E-state index in [4.69, 9.17) is 4.74 Å². The number of fused-ring (bicyclic) bond motifs is 7. The quantitative estimate of drug-likeness (QED) is 0.229. The molecule has 0 aromatic carbocycles. The topological polar surface area (TPSA) is 116 Å². The second-order valence-electron chi connectivity index (χ2n) is 17.0. The first kappa shape index (κ1) is 32.9. The van der Waals surface area contributed by atoms with Crippen LogP contribution in [0.5, 0.6) is 0 Å². The zero-order chi connectivity index (χ0) is 31.8. The lowest BCUT2D eigenvalue weighted by atomic mass is 9.32. The van der Waals surface area contributed by atoms with Gasteiger partial charge in [-0.25, -0.2) is 0 Å². The normalized spacial score (nSPS) is 45.2. The Hall–Kier alpha value is -1.44. The molecule has 5 fully saturated rings. The van der Waals surface area contributed by atoms with Crippen LogP contribution in [0.3, 0.4) is 0 Å². The number of aliphatic hydroxyl groups is 3. The number of amides is 1. The van der Waals surface area contributed by atoms with Gasteiger partial charge in [0.05, 0.1) is 25.2 Å². The zero-order valence-electron chi connectivity index (χ0n) is 27.9. The van der Waals surface area contributed by atoms with Gasteiger partial charge in [-0.05, 0) is 117 Å². The fraction of sp³-hybridized carbons (Fsp3) is 0.889. The van der Waals surface area contributed by atoms with Crippen molar-refractivity contribution < 1.29 is 29.6 Å². The lowest BCUT2D eigenvalue weighted by Crippen LogP contribution is -2.68. The SMILES string of the molecule is C=C(C)[C@@H]1CC[C@]2(C(=O)NC(CO)(CO)CO)CC[C@]3(C)[C@H](CC[C@@H]4[C@@]5(C)CC[C@H](OC(C)=O)C(C)(C)[C@@H]5CC[C@]43C)[C@@H]12. The number of allylic oxidation sites excluding steroid dienone is 1. The summed E-state index contributed by atoms with van der Waals surface area (Å²) < 4.78 is 5.91.